The molecule has 3 heterocycles. The molecule has 1 saturated heterocycles. The second-order valence-electron chi connectivity index (χ2n) is 8.56. The number of ether oxygens (including phenoxy) is 2. The van der Waals surface area contributed by atoms with E-state index in [0.717, 1.165) is 55.4 Å². The van der Waals surface area contributed by atoms with Crippen LogP contribution < -0.4 is 14.8 Å². The standard InChI is InChI=1S/C24H30N4O3S2.C2H2O4/c1-30-20-6-5-18(14-21(20)31-2)7-8-25-23(29)15-27-9-11-28(12-10-27)16-24-26-19(17-33-24)22-4-3-13-32-22;3-1(4)2(5)6/h3-6,13-14,17H,7-12,15-16H2,1-2H3,(H,25,29);(H,3,4)(H,5,6). The van der Waals surface area contributed by atoms with Gasteiger partial charge in [0.05, 0.1) is 37.9 Å². The first kappa shape index (κ1) is 30.0. The number of carboxylic acid groups (broad SMARTS) is 2. The summed E-state index contributed by atoms with van der Waals surface area (Å²) in [5, 5.41) is 23.2. The summed E-state index contributed by atoms with van der Waals surface area (Å²) in [5.41, 5.74) is 2.18. The van der Waals surface area contributed by atoms with Crippen LogP contribution in [0.2, 0.25) is 0 Å². The van der Waals surface area contributed by atoms with Crippen molar-refractivity contribution in [1.29, 1.82) is 0 Å². The second kappa shape index (κ2) is 15.2. The quantitative estimate of drug-likeness (QED) is 0.308. The first-order valence-corrected chi connectivity index (χ1v) is 13.9. The van der Waals surface area contributed by atoms with Crippen molar-refractivity contribution in [2.24, 2.45) is 0 Å². The van der Waals surface area contributed by atoms with Crippen molar-refractivity contribution >= 4 is 40.5 Å². The van der Waals surface area contributed by atoms with Gasteiger partial charge in [-0.3, -0.25) is 14.6 Å². The van der Waals surface area contributed by atoms with Crippen molar-refractivity contribution in [3.05, 3.63) is 51.7 Å². The normalized spacial score (nSPS) is 13.7. The molecule has 13 heteroatoms. The lowest BCUT2D eigenvalue weighted by Gasteiger charge is -2.33. The van der Waals surface area contributed by atoms with E-state index in [-0.39, 0.29) is 5.91 Å². The molecule has 210 valence electrons. The zero-order valence-electron chi connectivity index (χ0n) is 21.8. The van der Waals surface area contributed by atoms with E-state index in [1.165, 1.54) is 4.88 Å². The van der Waals surface area contributed by atoms with Gasteiger partial charge in [-0.2, -0.15) is 0 Å². The van der Waals surface area contributed by atoms with Crippen LogP contribution >= 0.6 is 22.7 Å². The number of methoxy groups -OCH3 is 2. The number of amides is 1. The summed E-state index contributed by atoms with van der Waals surface area (Å²) in [6, 6.07) is 10.0. The SMILES string of the molecule is COc1ccc(CCNC(=O)CN2CCN(Cc3nc(-c4cccs4)cs3)CC2)cc1OC.O=C(O)C(=O)O. The van der Waals surface area contributed by atoms with Gasteiger partial charge < -0.3 is 25.0 Å². The Balaban J connectivity index is 0.000000631. The Bertz CT molecular complexity index is 1210. The molecule has 0 aliphatic carbocycles. The lowest BCUT2D eigenvalue weighted by Crippen LogP contribution is -2.49. The van der Waals surface area contributed by atoms with Crippen molar-refractivity contribution in [1.82, 2.24) is 20.1 Å². The summed E-state index contributed by atoms with van der Waals surface area (Å²) in [6.07, 6.45) is 0.751. The van der Waals surface area contributed by atoms with E-state index in [0.29, 0.717) is 24.6 Å². The van der Waals surface area contributed by atoms with Crippen LogP contribution in [-0.4, -0.2) is 96.3 Å². The number of aliphatic carboxylic acids is 2. The molecule has 0 radical (unpaired) electrons. The van der Waals surface area contributed by atoms with E-state index in [1.54, 1.807) is 36.9 Å². The van der Waals surface area contributed by atoms with Crippen molar-refractivity contribution in [2.45, 2.75) is 13.0 Å². The first-order chi connectivity index (χ1) is 18.8. The third-order valence-corrected chi connectivity index (χ3v) is 7.61. The summed E-state index contributed by atoms with van der Waals surface area (Å²) >= 11 is 3.45. The Morgan fingerprint density at radius 2 is 1.67 bits per heavy atom. The van der Waals surface area contributed by atoms with E-state index in [4.69, 9.17) is 34.3 Å². The number of hydrogen-bond acceptors (Lipinski definition) is 10. The number of carboxylic acids is 2. The van der Waals surface area contributed by atoms with Crippen LogP contribution in [-0.2, 0) is 27.3 Å². The van der Waals surface area contributed by atoms with Crippen molar-refractivity contribution in [3.63, 3.8) is 0 Å². The molecule has 2 aromatic heterocycles. The molecule has 39 heavy (non-hydrogen) atoms. The highest BCUT2D eigenvalue weighted by Crippen LogP contribution is 2.28. The summed E-state index contributed by atoms with van der Waals surface area (Å²) in [5.74, 6) is -2.16. The summed E-state index contributed by atoms with van der Waals surface area (Å²) < 4.78 is 10.6. The average molecular weight is 577 g/mol. The molecule has 1 fully saturated rings. The number of thiazole rings is 1. The van der Waals surface area contributed by atoms with Gasteiger partial charge in [0.25, 0.3) is 0 Å². The highest BCUT2D eigenvalue weighted by Gasteiger charge is 2.20. The zero-order chi connectivity index (χ0) is 28.2. The fourth-order valence-electron chi connectivity index (χ4n) is 3.86. The van der Waals surface area contributed by atoms with Gasteiger partial charge in [0.2, 0.25) is 5.91 Å². The predicted molar refractivity (Wildman–Crippen MR) is 149 cm³/mol. The molecule has 1 aliphatic rings. The van der Waals surface area contributed by atoms with Gasteiger partial charge in [0, 0.05) is 38.1 Å². The number of hydrogen-bond donors (Lipinski definition) is 3. The maximum Gasteiger partial charge on any atom is 0.414 e. The van der Waals surface area contributed by atoms with Gasteiger partial charge in [0.15, 0.2) is 11.5 Å². The molecule has 1 aliphatic heterocycles. The Morgan fingerprint density at radius 1 is 0.974 bits per heavy atom. The van der Waals surface area contributed by atoms with Gasteiger partial charge >= 0.3 is 11.9 Å². The number of carbonyl (C=O) groups is 3. The fourth-order valence-corrected chi connectivity index (χ4v) is 5.46. The first-order valence-electron chi connectivity index (χ1n) is 12.2. The number of carbonyl (C=O) groups excluding carboxylic acids is 1. The Labute approximate surface area is 234 Å². The lowest BCUT2D eigenvalue weighted by molar-refractivity contribution is -0.159. The molecular weight excluding hydrogens is 544 g/mol. The number of aromatic nitrogens is 1. The second-order valence-corrected chi connectivity index (χ2v) is 10.4. The molecule has 3 aromatic rings. The van der Waals surface area contributed by atoms with Gasteiger partial charge in [-0.25, -0.2) is 14.6 Å². The number of piperazine rings is 1. The van der Waals surface area contributed by atoms with E-state index in [1.807, 2.05) is 18.2 Å². The number of nitrogens with zero attached hydrogens (tertiary/aromatic N) is 3. The Hall–Kier alpha value is -3.52. The molecule has 0 atom stereocenters. The maximum absolute atomic E-state index is 12.4. The van der Waals surface area contributed by atoms with Crippen LogP contribution in [0.4, 0.5) is 0 Å². The summed E-state index contributed by atoms with van der Waals surface area (Å²) in [6.45, 7) is 5.62. The van der Waals surface area contributed by atoms with Gasteiger partial charge in [-0.1, -0.05) is 12.1 Å². The topological polar surface area (TPSA) is 142 Å². The molecule has 3 N–H and O–H groups in total. The number of rotatable bonds is 10. The molecule has 1 amide bonds. The number of benzene rings is 1. The van der Waals surface area contributed by atoms with E-state index in [9.17, 15) is 4.79 Å². The maximum atomic E-state index is 12.4. The highest BCUT2D eigenvalue weighted by atomic mass is 32.1. The van der Waals surface area contributed by atoms with Crippen molar-refractivity contribution < 1.29 is 34.1 Å². The third-order valence-electron chi connectivity index (χ3n) is 5.88. The van der Waals surface area contributed by atoms with Crippen molar-refractivity contribution in [3.8, 4) is 22.1 Å². The van der Waals surface area contributed by atoms with Gasteiger partial charge in [0.1, 0.15) is 5.01 Å². The van der Waals surface area contributed by atoms with E-state index in [2.05, 4.69) is 38.0 Å². The lowest BCUT2D eigenvalue weighted by atomic mass is 10.1. The molecule has 0 unspecified atom stereocenters. The fraction of sp³-hybridized carbons (Fsp3) is 0.385. The Kier molecular flexibility index (Phi) is 11.7. The minimum atomic E-state index is -1.82. The van der Waals surface area contributed by atoms with E-state index >= 15 is 0 Å². The minimum Gasteiger partial charge on any atom is -0.493 e. The average Bonchev–Trinajstić information content (AvgIpc) is 3.62. The largest absolute Gasteiger partial charge is 0.493 e. The number of nitrogens with one attached hydrogen (secondary N) is 1. The molecular formula is C26H32N4O7S2. The van der Waals surface area contributed by atoms with Crippen LogP contribution in [0.5, 0.6) is 11.5 Å². The smallest absolute Gasteiger partial charge is 0.414 e. The Morgan fingerprint density at radius 3 is 2.28 bits per heavy atom. The third kappa shape index (κ3) is 9.62. The molecule has 11 nitrogen and oxygen atoms in total. The number of thiophene rings is 1. The molecule has 0 saturated carbocycles. The van der Waals surface area contributed by atoms with Crippen LogP contribution in [0.15, 0.2) is 41.1 Å². The van der Waals surface area contributed by atoms with E-state index < -0.39 is 11.9 Å². The van der Waals surface area contributed by atoms with Crippen LogP contribution in [0.3, 0.4) is 0 Å². The van der Waals surface area contributed by atoms with Crippen LogP contribution in [0.25, 0.3) is 10.6 Å². The summed E-state index contributed by atoms with van der Waals surface area (Å²) in [7, 11) is 3.25. The van der Waals surface area contributed by atoms with Gasteiger partial charge in [-0.05, 0) is 35.6 Å². The van der Waals surface area contributed by atoms with Crippen LogP contribution in [0.1, 0.15) is 10.6 Å². The molecule has 4 rings (SSSR count). The molecule has 0 spiro atoms. The predicted octanol–water partition coefficient (Wildman–Crippen LogP) is 2.52. The zero-order valence-corrected chi connectivity index (χ0v) is 23.4. The highest BCUT2D eigenvalue weighted by molar-refractivity contribution is 7.14. The van der Waals surface area contributed by atoms with Crippen molar-refractivity contribution in [2.75, 3.05) is 53.5 Å². The molecule has 1 aromatic carbocycles. The van der Waals surface area contributed by atoms with Crippen LogP contribution in [0, 0.1) is 0 Å². The minimum absolute atomic E-state index is 0.0736. The summed E-state index contributed by atoms with van der Waals surface area (Å²) in [4.78, 5) is 41.2. The monoisotopic (exact) mass is 576 g/mol. The molecule has 0 bridgehead atoms. The van der Waals surface area contributed by atoms with Gasteiger partial charge in [-0.15, -0.1) is 22.7 Å².